The summed E-state index contributed by atoms with van der Waals surface area (Å²) in [6.07, 6.45) is 5.28. The molecule has 2 heterocycles. The molecule has 2 unspecified atom stereocenters. The summed E-state index contributed by atoms with van der Waals surface area (Å²) in [5.41, 5.74) is 0.428. The normalized spacial score (nSPS) is 13.7. The summed E-state index contributed by atoms with van der Waals surface area (Å²) in [6.45, 7) is 4.18. The standard InChI is InChI=1S/C15H20N4O2/c1-3-11(2)13(20)10-17-15(21)12-6-4-7-16-14(12)19-9-5-8-18-19/h4-9,11,13,20H,3,10H2,1-2H3,(H,17,21). The number of rotatable bonds is 6. The van der Waals surface area contributed by atoms with Crippen LogP contribution in [-0.4, -0.2) is 38.4 Å². The molecule has 0 radical (unpaired) electrons. The number of nitrogens with zero attached hydrogens (tertiary/aromatic N) is 3. The molecule has 1 amide bonds. The fourth-order valence-corrected chi connectivity index (χ4v) is 1.92. The lowest BCUT2D eigenvalue weighted by Gasteiger charge is -2.18. The van der Waals surface area contributed by atoms with E-state index in [1.54, 1.807) is 41.5 Å². The highest BCUT2D eigenvalue weighted by Crippen LogP contribution is 2.11. The third-order valence-electron chi connectivity index (χ3n) is 3.53. The summed E-state index contributed by atoms with van der Waals surface area (Å²) in [5.74, 6) is 0.346. The quantitative estimate of drug-likeness (QED) is 0.842. The van der Waals surface area contributed by atoms with Crippen molar-refractivity contribution in [3.05, 3.63) is 42.4 Å². The topological polar surface area (TPSA) is 80.0 Å². The smallest absolute Gasteiger partial charge is 0.255 e. The average molecular weight is 288 g/mol. The van der Waals surface area contributed by atoms with Crippen molar-refractivity contribution >= 4 is 5.91 Å². The minimum Gasteiger partial charge on any atom is -0.391 e. The predicted molar refractivity (Wildman–Crippen MR) is 79.2 cm³/mol. The maximum absolute atomic E-state index is 12.3. The second kappa shape index (κ2) is 6.99. The van der Waals surface area contributed by atoms with Crippen molar-refractivity contribution in [1.29, 1.82) is 0 Å². The average Bonchev–Trinajstić information content (AvgIpc) is 3.05. The van der Waals surface area contributed by atoms with Gasteiger partial charge < -0.3 is 10.4 Å². The van der Waals surface area contributed by atoms with Crippen LogP contribution in [0.4, 0.5) is 0 Å². The fourth-order valence-electron chi connectivity index (χ4n) is 1.92. The molecular formula is C15H20N4O2. The van der Waals surface area contributed by atoms with Crippen molar-refractivity contribution in [3.63, 3.8) is 0 Å². The number of pyridine rings is 1. The van der Waals surface area contributed by atoms with Gasteiger partial charge in [-0.05, 0) is 24.1 Å². The summed E-state index contributed by atoms with van der Waals surface area (Å²) in [7, 11) is 0. The molecule has 0 aliphatic carbocycles. The minimum atomic E-state index is -0.552. The Labute approximate surface area is 123 Å². The molecule has 2 aromatic rings. The lowest BCUT2D eigenvalue weighted by atomic mass is 10.0. The molecule has 112 valence electrons. The minimum absolute atomic E-state index is 0.143. The molecule has 0 spiro atoms. The second-order valence-electron chi connectivity index (χ2n) is 4.99. The molecule has 21 heavy (non-hydrogen) atoms. The maximum atomic E-state index is 12.3. The Morgan fingerprint density at radius 1 is 1.43 bits per heavy atom. The number of nitrogens with one attached hydrogen (secondary N) is 1. The monoisotopic (exact) mass is 288 g/mol. The van der Waals surface area contributed by atoms with Gasteiger partial charge in [0.1, 0.15) is 0 Å². The van der Waals surface area contributed by atoms with Gasteiger partial charge in [-0.15, -0.1) is 0 Å². The number of carbonyl (C=O) groups excluding carboxylic acids is 1. The summed E-state index contributed by atoms with van der Waals surface area (Å²) < 4.78 is 1.54. The van der Waals surface area contributed by atoms with Crippen molar-refractivity contribution < 1.29 is 9.90 Å². The lowest BCUT2D eigenvalue weighted by Crippen LogP contribution is -2.35. The molecular weight excluding hydrogens is 268 g/mol. The first-order valence-electron chi connectivity index (χ1n) is 7.04. The van der Waals surface area contributed by atoms with E-state index in [1.165, 1.54) is 0 Å². The predicted octanol–water partition coefficient (Wildman–Crippen LogP) is 1.40. The molecule has 0 saturated heterocycles. The molecule has 6 heteroatoms. The highest BCUT2D eigenvalue weighted by atomic mass is 16.3. The zero-order chi connectivity index (χ0) is 15.2. The molecule has 0 aliphatic heterocycles. The summed E-state index contributed by atoms with van der Waals surface area (Å²) in [4.78, 5) is 16.5. The van der Waals surface area contributed by atoms with Gasteiger partial charge in [0.15, 0.2) is 5.82 Å². The largest absolute Gasteiger partial charge is 0.391 e. The third-order valence-corrected chi connectivity index (χ3v) is 3.53. The Hall–Kier alpha value is -2.21. The summed E-state index contributed by atoms with van der Waals surface area (Å²) >= 11 is 0. The number of aliphatic hydroxyl groups is 1. The number of aliphatic hydroxyl groups excluding tert-OH is 1. The fraction of sp³-hybridized carbons (Fsp3) is 0.400. The Kier molecular flexibility index (Phi) is 5.05. The van der Waals surface area contributed by atoms with E-state index in [9.17, 15) is 9.90 Å². The van der Waals surface area contributed by atoms with Crippen LogP contribution in [0.2, 0.25) is 0 Å². The molecule has 2 atom stereocenters. The highest BCUT2D eigenvalue weighted by Gasteiger charge is 2.17. The Morgan fingerprint density at radius 2 is 2.24 bits per heavy atom. The third kappa shape index (κ3) is 3.66. The molecule has 0 saturated carbocycles. The van der Waals surface area contributed by atoms with Crippen LogP contribution < -0.4 is 5.32 Å². The summed E-state index contributed by atoms with van der Waals surface area (Å²) in [5, 5.41) is 16.8. The van der Waals surface area contributed by atoms with Gasteiger partial charge in [-0.25, -0.2) is 9.67 Å². The van der Waals surface area contributed by atoms with Crippen LogP contribution in [0.15, 0.2) is 36.8 Å². The van der Waals surface area contributed by atoms with Gasteiger partial charge in [0.05, 0.1) is 11.7 Å². The Bertz CT molecular complexity index is 583. The number of aromatic nitrogens is 3. The van der Waals surface area contributed by atoms with Crippen LogP contribution >= 0.6 is 0 Å². The molecule has 6 nitrogen and oxygen atoms in total. The SMILES string of the molecule is CCC(C)C(O)CNC(=O)c1cccnc1-n1cccn1. The Morgan fingerprint density at radius 3 is 2.90 bits per heavy atom. The number of amides is 1. The van der Waals surface area contributed by atoms with Gasteiger partial charge in [0.2, 0.25) is 0 Å². The van der Waals surface area contributed by atoms with E-state index in [1.807, 2.05) is 13.8 Å². The van der Waals surface area contributed by atoms with Crippen LogP contribution in [0.25, 0.3) is 5.82 Å². The van der Waals surface area contributed by atoms with E-state index in [2.05, 4.69) is 15.4 Å². The van der Waals surface area contributed by atoms with Crippen molar-refractivity contribution in [2.45, 2.75) is 26.4 Å². The molecule has 0 bridgehead atoms. The van der Waals surface area contributed by atoms with Crippen molar-refractivity contribution in [3.8, 4) is 5.82 Å². The van der Waals surface area contributed by atoms with E-state index < -0.39 is 6.10 Å². The number of carbonyl (C=O) groups is 1. The molecule has 2 rings (SSSR count). The van der Waals surface area contributed by atoms with Crippen molar-refractivity contribution in [2.24, 2.45) is 5.92 Å². The molecule has 2 N–H and O–H groups in total. The molecule has 0 fully saturated rings. The number of hydrogen-bond donors (Lipinski definition) is 2. The van der Waals surface area contributed by atoms with E-state index in [-0.39, 0.29) is 18.4 Å². The zero-order valence-corrected chi connectivity index (χ0v) is 12.2. The zero-order valence-electron chi connectivity index (χ0n) is 12.2. The van der Waals surface area contributed by atoms with Crippen LogP contribution in [0.5, 0.6) is 0 Å². The van der Waals surface area contributed by atoms with Gasteiger partial charge in [-0.1, -0.05) is 20.3 Å². The highest BCUT2D eigenvalue weighted by molar-refractivity contribution is 5.97. The van der Waals surface area contributed by atoms with Crippen molar-refractivity contribution in [1.82, 2.24) is 20.1 Å². The van der Waals surface area contributed by atoms with Gasteiger partial charge in [0, 0.05) is 25.1 Å². The number of hydrogen-bond acceptors (Lipinski definition) is 4. The first-order chi connectivity index (χ1) is 10.1. The van der Waals surface area contributed by atoms with Crippen LogP contribution in [0.1, 0.15) is 30.6 Å². The molecule has 2 aromatic heterocycles. The van der Waals surface area contributed by atoms with Crippen molar-refractivity contribution in [2.75, 3.05) is 6.54 Å². The van der Waals surface area contributed by atoms with Gasteiger partial charge in [0.25, 0.3) is 5.91 Å². The van der Waals surface area contributed by atoms with E-state index >= 15 is 0 Å². The second-order valence-corrected chi connectivity index (χ2v) is 4.99. The van der Waals surface area contributed by atoms with Crippen LogP contribution in [0, 0.1) is 5.92 Å². The Balaban J connectivity index is 2.10. The molecule has 0 aliphatic rings. The maximum Gasteiger partial charge on any atom is 0.255 e. The van der Waals surface area contributed by atoms with Crippen LogP contribution in [0.3, 0.4) is 0 Å². The van der Waals surface area contributed by atoms with Gasteiger partial charge >= 0.3 is 0 Å². The van der Waals surface area contributed by atoms with E-state index in [0.29, 0.717) is 11.4 Å². The summed E-state index contributed by atoms with van der Waals surface area (Å²) in [6, 6.07) is 5.16. The first kappa shape index (κ1) is 15.2. The van der Waals surface area contributed by atoms with Gasteiger partial charge in [-0.3, -0.25) is 4.79 Å². The molecule has 0 aromatic carbocycles. The first-order valence-corrected chi connectivity index (χ1v) is 7.04. The van der Waals surface area contributed by atoms with Crippen LogP contribution in [-0.2, 0) is 0 Å². The van der Waals surface area contributed by atoms with E-state index in [0.717, 1.165) is 6.42 Å². The van der Waals surface area contributed by atoms with E-state index in [4.69, 9.17) is 0 Å². The van der Waals surface area contributed by atoms with Gasteiger partial charge in [-0.2, -0.15) is 5.10 Å². The lowest BCUT2D eigenvalue weighted by molar-refractivity contribution is 0.0849.